The Morgan fingerprint density at radius 3 is 1.32 bits per heavy atom. The van der Waals surface area contributed by atoms with E-state index in [0.29, 0.717) is 0 Å². The van der Waals surface area contributed by atoms with E-state index in [1.165, 1.54) is 28.0 Å². The molecular formula is C56H76ClN11O8. The lowest BCUT2D eigenvalue weighted by molar-refractivity contribution is -0.142. The summed E-state index contributed by atoms with van der Waals surface area (Å²) in [6, 6.07) is 13.2. The van der Waals surface area contributed by atoms with E-state index in [1.54, 1.807) is 27.9 Å². The van der Waals surface area contributed by atoms with Gasteiger partial charge in [0.1, 0.15) is 24.2 Å². The Morgan fingerprint density at radius 2 is 0.947 bits per heavy atom. The maximum Gasteiger partial charge on any atom is 0.251 e. The molecule has 0 aromatic heterocycles. The number of carbonyl (C=O) groups excluding carboxylic acids is 8. The van der Waals surface area contributed by atoms with E-state index in [9.17, 15) is 38.4 Å². The molecule has 20 heteroatoms. The lowest BCUT2D eigenvalue weighted by atomic mass is 9.87. The van der Waals surface area contributed by atoms with Crippen molar-refractivity contribution in [3.05, 3.63) is 100 Å². The van der Waals surface area contributed by atoms with Gasteiger partial charge in [-0.1, -0.05) is 76.2 Å². The van der Waals surface area contributed by atoms with Gasteiger partial charge in [-0.15, -0.1) is 0 Å². The number of halogens is 1. The van der Waals surface area contributed by atoms with Crippen molar-refractivity contribution >= 4 is 64.7 Å². The third-order valence-corrected chi connectivity index (χ3v) is 15.7. The number of hydrogen-bond donors (Lipinski definition) is 9. The number of anilines is 1. The minimum atomic E-state index is -0.991. The summed E-state index contributed by atoms with van der Waals surface area (Å²) in [5, 5.41) is 23.9. The standard InChI is InChI=1S/C56H76ClN11O8/c1-30(2)47(64-49(69)32(5)58-7)55(75)67-28-39(26-45(67)53(73)62-43-21-13-17-34-15-9-11-19-41(34)43)60-51(71)36-23-37(25-38(24-36)66-57)52(72)61-40-27-46(54(74)63-44-22-14-18-35-16-10-12-20-42(35)44)68(29-40)56(76)48(31(3)4)65-50(70)33(6)59-8/h9-12,15-16,19-20,23-25,30-33,39-40,43-48,58-59,66H,13-14,17-18,21-22,26-29H2,1-8H3,(H,60,71)(H,61,72)(H,62,73)(H,63,74)(H,64,69)(H,65,70)/t32-,33-,39-,40-,43+,44+,45-,46-,47-,48-/m0/s1. The summed E-state index contributed by atoms with van der Waals surface area (Å²) in [6.07, 6.45) is 5.10. The molecule has 0 saturated carbocycles. The van der Waals surface area contributed by atoms with Crippen LogP contribution in [0.4, 0.5) is 5.69 Å². The molecule has 2 aliphatic carbocycles. The molecule has 19 nitrogen and oxygen atoms in total. The van der Waals surface area contributed by atoms with Gasteiger partial charge in [0.15, 0.2) is 0 Å². The van der Waals surface area contributed by atoms with Gasteiger partial charge in [0.25, 0.3) is 11.8 Å². The van der Waals surface area contributed by atoms with E-state index in [2.05, 4.69) is 59.5 Å². The third-order valence-electron chi connectivity index (χ3n) is 15.5. The first-order valence-corrected chi connectivity index (χ1v) is 27.2. The Labute approximate surface area is 451 Å². The van der Waals surface area contributed by atoms with Crippen molar-refractivity contribution in [2.75, 3.05) is 32.0 Å². The molecule has 0 spiro atoms. The number of benzene rings is 3. The van der Waals surface area contributed by atoms with Crippen molar-refractivity contribution in [3.63, 3.8) is 0 Å². The highest BCUT2D eigenvalue weighted by Gasteiger charge is 2.46. The van der Waals surface area contributed by atoms with Gasteiger partial charge < -0.3 is 52.3 Å². The minimum Gasteiger partial charge on any atom is -0.347 e. The summed E-state index contributed by atoms with van der Waals surface area (Å²) in [4.78, 5) is 118. The van der Waals surface area contributed by atoms with Crippen LogP contribution in [0, 0.1) is 11.8 Å². The number of aryl methyl sites for hydroxylation is 2. The molecule has 8 amide bonds. The number of fused-ring (bicyclic) bond motifs is 2. The van der Waals surface area contributed by atoms with Crippen molar-refractivity contribution in [2.45, 2.75) is 153 Å². The van der Waals surface area contributed by atoms with E-state index in [0.717, 1.165) is 60.8 Å². The summed E-state index contributed by atoms with van der Waals surface area (Å²) in [6.45, 7) is 10.5. The topological polar surface area (TPSA) is 251 Å². The molecule has 2 aliphatic heterocycles. The van der Waals surface area contributed by atoms with Crippen LogP contribution < -0.4 is 47.4 Å². The Balaban J connectivity index is 1.10. The predicted molar refractivity (Wildman–Crippen MR) is 290 cm³/mol. The van der Waals surface area contributed by atoms with Crippen LogP contribution in [0.15, 0.2) is 66.7 Å². The number of carbonyl (C=O) groups is 8. The second-order valence-electron chi connectivity index (χ2n) is 21.5. The van der Waals surface area contributed by atoms with Gasteiger partial charge in [-0.3, -0.25) is 43.2 Å². The van der Waals surface area contributed by atoms with Crippen molar-refractivity contribution in [1.29, 1.82) is 0 Å². The Bertz CT molecular complexity index is 2480. The fourth-order valence-electron chi connectivity index (χ4n) is 10.9. The molecule has 410 valence electrons. The average Bonchev–Trinajstić information content (AvgIpc) is 4.05. The quantitative estimate of drug-likeness (QED) is 0.0786. The van der Waals surface area contributed by atoms with Crippen LogP contribution in [0.5, 0.6) is 0 Å². The van der Waals surface area contributed by atoms with E-state index in [1.807, 2.05) is 64.1 Å². The molecule has 2 saturated heterocycles. The first kappa shape index (κ1) is 57.1. The number of amides is 8. The van der Waals surface area contributed by atoms with Crippen LogP contribution in [0.25, 0.3) is 0 Å². The SMILES string of the molecule is CN[C@@H](C)C(=O)N[C@H](C(=O)N1C[C@@H](NC(=O)c2cc(NCl)cc(C(=O)N[C@H]3C[C@@H](C(=O)N[C@@H]4CCCc5ccccc54)N(C(=O)[C@@H](NC(=O)[C@H](C)NC)C(C)C)C3)c2)C[C@H]1C(=O)N[C@@H]1CCCc2ccccc21)C(C)C. The molecule has 0 unspecified atom stereocenters. The monoisotopic (exact) mass is 1070 g/mol. The summed E-state index contributed by atoms with van der Waals surface area (Å²) in [7, 11) is 3.29. The first-order valence-electron chi connectivity index (χ1n) is 26.8. The number of likely N-dealkylation sites (tertiary alicyclic amines) is 2. The molecule has 2 fully saturated rings. The molecule has 3 aromatic rings. The molecule has 4 aliphatic rings. The van der Waals surface area contributed by atoms with E-state index in [-0.39, 0.29) is 90.3 Å². The molecule has 7 rings (SSSR count). The molecule has 0 bridgehead atoms. The maximum atomic E-state index is 14.5. The fourth-order valence-corrected chi connectivity index (χ4v) is 11.0. The number of nitrogens with one attached hydrogen (secondary N) is 9. The van der Waals surface area contributed by atoms with Crippen molar-refractivity contribution in [1.82, 2.24) is 52.3 Å². The van der Waals surface area contributed by atoms with E-state index in [4.69, 9.17) is 11.8 Å². The number of rotatable bonds is 19. The predicted octanol–water partition coefficient (Wildman–Crippen LogP) is 3.54. The minimum absolute atomic E-state index is 0.0415. The van der Waals surface area contributed by atoms with Gasteiger partial charge in [-0.05, 0) is 132 Å². The third kappa shape index (κ3) is 13.3. The molecule has 76 heavy (non-hydrogen) atoms. The number of nitrogens with zero attached hydrogens (tertiary/aromatic N) is 2. The Kier molecular flexibility index (Phi) is 19.2. The maximum absolute atomic E-state index is 14.5. The largest absolute Gasteiger partial charge is 0.347 e. The van der Waals surface area contributed by atoms with Gasteiger partial charge in [0.05, 0.1) is 29.9 Å². The van der Waals surface area contributed by atoms with Gasteiger partial charge in [-0.2, -0.15) is 0 Å². The van der Waals surface area contributed by atoms with Crippen LogP contribution in [-0.2, 0) is 41.6 Å². The highest BCUT2D eigenvalue weighted by Crippen LogP contribution is 2.33. The van der Waals surface area contributed by atoms with Gasteiger partial charge in [0, 0.05) is 48.1 Å². The highest BCUT2D eigenvalue weighted by molar-refractivity contribution is 6.24. The summed E-state index contributed by atoms with van der Waals surface area (Å²) in [5.74, 6) is -4.33. The average molecular weight is 1070 g/mol. The Hall–Kier alpha value is -6.57. The zero-order chi connectivity index (χ0) is 55.0. The van der Waals surface area contributed by atoms with E-state index < -0.39 is 72.0 Å². The zero-order valence-corrected chi connectivity index (χ0v) is 45.6. The second-order valence-corrected chi connectivity index (χ2v) is 21.7. The van der Waals surface area contributed by atoms with Crippen molar-refractivity contribution in [2.24, 2.45) is 11.8 Å². The summed E-state index contributed by atoms with van der Waals surface area (Å²) < 4.78 is 0. The first-order chi connectivity index (χ1) is 36.3. The molecule has 10 atom stereocenters. The molecule has 2 heterocycles. The van der Waals surface area contributed by atoms with Crippen LogP contribution >= 0.6 is 11.8 Å². The van der Waals surface area contributed by atoms with Crippen LogP contribution in [-0.4, -0.2) is 133 Å². The van der Waals surface area contributed by atoms with Gasteiger partial charge >= 0.3 is 0 Å². The molecule has 3 aromatic carbocycles. The molecule has 0 radical (unpaired) electrons. The normalized spacial score (nSPS) is 22.5. The lowest BCUT2D eigenvalue weighted by Crippen LogP contribution is -2.57. The number of likely N-dealkylation sites (N-methyl/N-ethyl adjacent to an activating group) is 2. The molecule has 9 N–H and O–H groups in total. The highest BCUT2D eigenvalue weighted by atomic mass is 35.5. The van der Waals surface area contributed by atoms with Crippen LogP contribution in [0.1, 0.15) is 135 Å². The molecular weight excluding hydrogens is 990 g/mol. The zero-order valence-electron chi connectivity index (χ0n) is 44.9. The van der Waals surface area contributed by atoms with Crippen molar-refractivity contribution in [3.8, 4) is 0 Å². The van der Waals surface area contributed by atoms with Crippen molar-refractivity contribution < 1.29 is 38.4 Å². The second kappa shape index (κ2) is 25.5. The van der Waals surface area contributed by atoms with Gasteiger partial charge in [0.2, 0.25) is 35.4 Å². The van der Waals surface area contributed by atoms with Gasteiger partial charge in [-0.25, -0.2) is 0 Å². The smallest absolute Gasteiger partial charge is 0.251 e. The summed E-state index contributed by atoms with van der Waals surface area (Å²) in [5.41, 5.74) is 4.66. The fraction of sp³-hybridized carbons (Fsp3) is 0.536. The van der Waals surface area contributed by atoms with E-state index >= 15 is 0 Å². The summed E-state index contributed by atoms with van der Waals surface area (Å²) >= 11 is 6.14. The van der Waals surface area contributed by atoms with Crippen LogP contribution in [0.3, 0.4) is 0 Å². The lowest BCUT2D eigenvalue weighted by Gasteiger charge is -2.32. The number of hydrogen-bond acceptors (Lipinski definition) is 11. The van der Waals surface area contributed by atoms with Crippen LogP contribution in [0.2, 0.25) is 0 Å². The Morgan fingerprint density at radius 1 is 0.553 bits per heavy atom.